The van der Waals surface area contributed by atoms with Crippen LogP contribution in [0.25, 0.3) is 16.9 Å². The lowest BCUT2D eigenvalue weighted by molar-refractivity contribution is -0.120. The average molecular weight is 428 g/mol. The Hall–Kier alpha value is -3.94. The molecule has 1 saturated heterocycles. The molecule has 8 nitrogen and oxygen atoms in total. The van der Waals surface area contributed by atoms with Gasteiger partial charge in [-0.2, -0.15) is 5.10 Å². The molecule has 8 heteroatoms. The smallest absolute Gasteiger partial charge is 0.266 e. The number of amides is 1. The summed E-state index contributed by atoms with van der Waals surface area (Å²) in [5, 5.41) is 7.50. The minimum atomic E-state index is -0.194. The summed E-state index contributed by atoms with van der Waals surface area (Å²) in [5.74, 6) is 1.15. The number of aryl methyl sites for hydroxylation is 1. The molecular formula is C24H24N6O2. The van der Waals surface area contributed by atoms with Crippen LogP contribution in [-0.2, 0) is 11.8 Å². The van der Waals surface area contributed by atoms with Crippen LogP contribution in [0, 0.1) is 5.92 Å². The van der Waals surface area contributed by atoms with Crippen molar-refractivity contribution in [2.75, 3.05) is 23.3 Å². The Morgan fingerprint density at radius 3 is 2.69 bits per heavy atom. The zero-order valence-electron chi connectivity index (χ0n) is 17.8. The number of anilines is 2. The maximum absolute atomic E-state index is 13.3. The lowest BCUT2D eigenvalue weighted by Gasteiger charge is -2.32. The van der Waals surface area contributed by atoms with E-state index >= 15 is 0 Å². The van der Waals surface area contributed by atoms with E-state index in [1.807, 2.05) is 59.1 Å². The molecule has 0 radical (unpaired) electrons. The van der Waals surface area contributed by atoms with Gasteiger partial charge in [-0.1, -0.05) is 36.4 Å². The average Bonchev–Trinajstić information content (AvgIpc) is 3.20. The highest BCUT2D eigenvalue weighted by atomic mass is 16.2. The first-order valence-corrected chi connectivity index (χ1v) is 10.7. The van der Waals surface area contributed by atoms with Crippen molar-refractivity contribution in [3.63, 3.8) is 0 Å². The molecular weight excluding hydrogens is 404 g/mol. The van der Waals surface area contributed by atoms with Gasteiger partial charge in [0.05, 0.1) is 5.92 Å². The SMILES string of the molecule is Cn1nc(N2CCCC(C(=O)Nc3c(-c4ccccc4)nc4ccccn34)C2)ccc1=O. The van der Waals surface area contributed by atoms with Gasteiger partial charge in [0.2, 0.25) is 5.91 Å². The maximum Gasteiger partial charge on any atom is 0.266 e. The standard InChI is InChI=1S/C24H24N6O2/c1-28-21(31)13-12-20(27-28)29-14-7-10-18(16-29)24(32)26-23-22(17-8-3-2-4-9-17)25-19-11-5-6-15-30(19)23/h2-6,8-9,11-13,15,18H,7,10,14,16H2,1H3,(H,26,32). The second-order valence-corrected chi connectivity index (χ2v) is 8.03. The van der Waals surface area contributed by atoms with E-state index in [1.54, 1.807) is 13.1 Å². The molecule has 162 valence electrons. The molecule has 1 fully saturated rings. The van der Waals surface area contributed by atoms with Crippen LogP contribution in [-0.4, -0.2) is 38.2 Å². The molecule has 5 rings (SSSR count). The number of aromatic nitrogens is 4. The summed E-state index contributed by atoms with van der Waals surface area (Å²) >= 11 is 0. The van der Waals surface area contributed by atoms with Crippen molar-refractivity contribution in [3.8, 4) is 11.3 Å². The van der Waals surface area contributed by atoms with Crippen molar-refractivity contribution in [2.24, 2.45) is 13.0 Å². The molecule has 3 aromatic heterocycles. The summed E-state index contributed by atoms with van der Waals surface area (Å²) in [6, 6.07) is 18.9. The van der Waals surface area contributed by atoms with Gasteiger partial charge in [-0.05, 0) is 31.0 Å². The van der Waals surface area contributed by atoms with E-state index in [0.717, 1.165) is 36.3 Å². The number of hydrogen-bond acceptors (Lipinski definition) is 5. The number of pyridine rings is 1. The molecule has 0 bridgehead atoms. The highest BCUT2D eigenvalue weighted by molar-refractivity contribution is 5.96. The topological polar surface area (TPSA) is 84.5 Å². The van der Waals surface area contributed by atoms with E-state index in [2.05, 4.69) is 15.3 Å². The summed E-state index contributed by atoms with van der Waals surface area (Å²) in [7, 11) is 1.63. The van der Waals surface area contributed by atoms with Crippen LogP contribution in [0.5, 0.6) is 0 Å². The summed E-state index contributed by atoms with van der Waals surface area (Å²) in [6.07, 6.45) is 3.58. The first-order valence-electron chi connectivity index (χ1n) is 10.7. The summed E-state index contributed by atoms with van der Waals surface area (Å²) in [4.78, 5) is 31.8. The Labute approximate surface area is 185 Å². The lowest BCUT2D eigenvalue weighted by Crippen LogP contribution is -2.42. The fourth-order valence-electron chi connectivity index (χ4n) is 4.19. The van der Waals surface area contributed by atoms with Crippen LogP contribution in [0.15, 0.2) is 71.7 Å². The van der Waals surface area contributed by atoms with Crippen LogP contribution in [0.2, 0.25) is 0 Å². The van der Waals surface area contributed by atoms with Crippen molar-refractivity contribution in [2.45, 2.75) is 12.8 Å². The molecule has 1 atom stereocenters. The Balaban J connectivity index is 1.42. The minimum Gasteiger partial charge on any atom is -0.354 e. The third kappa shape index (κ3) is 3.75. The number of nitrogens with one attached hydrogen (secondary N) is 1. The van der Waals surface area contributed by atoms with Gasteiger partial charge in [0.25, 0.3) is 5.56 Å². The van der Waals surface area contributed by atoms with E-state index in [0.29, 0.717) is 18.2 Å². The summed E-state index contributed by atoms with van der Waals surface area (Å²) < 4.78 is 3.24. The van der Waals surface area contributed by atoms with Crippen LogP contribution >= 0.6 is 0 Å². The molecule has 0 saturated carbocycles. The third-order valence-corrected chi connectivity index (χ3v) is 5.88. The van der Waals surface area contributed by atoms with Gasteiger partial charge < -0.3 is 10.2 Å². The quantitative estimate of drug-likeness (QED) is 0.540. The predicted molar refractivity (Wildman–Crippen MR) is 124 cm³/mol. The Kier molecular flexibility index (Phi) is 5.18. The summed E-state index contributed by atoms with van der Waals surface area (Å²) in [6.45, 7) is 1.36. The maximum atomic E-state index is 13.3. The van der Waals surface area contributed by atoms with Gasteiger partial charge in [-0.15, -0.1) is 0 Å². The molecule has 1 aliphatic rings. The van der Waals surface area contributed by atoms with Crippen LogP contribution < -0.4 is 15.8 Å². The normalized spacial score (nSPS) is 16.3. The van der Waals surface area contributed by atoms with Crippen molar-refractivity contribution in [3.05, 3.63) is 77.2 Å². The molecule has 1 aromatic carbocycles. The number of nitrogens with zero attached hydrogens (tertiary/aromatic N) is 5. The Morgan fingerprint density at radius 2 is 1.88 bits per heavy atom. The van der Waals surface area contributed by atoms with Gasteiger partial charge in [0.15, 0.2) is 0 Å². The van der Waals surface area contributed by atoms with Gasteiger partial charge in [0.1, 0.15) is 23.0 Å². The zero-order chi connectivity index (χ0) is 22.1. The minimum absolute atomic E-state index is 0.0395. The van der Waals surface area contributed by atoms with Crippen LogP contribution in [0.4, 0.5) is 11.6 Å². The van der Waals surface area contributed by atoms with E-state index < -0.39 is 0 Å². The first-order chi connectivity index (χ1) is 15.6. The molecule has 1 N–H and O–H groups in total. The molecule has 4 aromatic rings. The van der Waals surface area contributed by atoms with Crippen molar-refractivity contribution >= 4 is 23.2 Å². The van der Waals surface area contributed by atoms with Gasteiger partial charge >= 0.3 is 0 Å². The van der Waals surface area contributed by atoms with E-state index in [-0.39, 0.29) is 17.4 Å². The monoisotopic (exact) mass is 428 g/mol. The molecule has 32 heavy (non-hydrogen) atoms. The summed E-state index contributed by atoms with van der Waals surface area (Å²) in [5.41, 5.74) is 2.33. The number of imidazole rings is 1. The van der Waals surface area contributed by atoms with Crippen molar-refractivity contribution in [1.29, 1.82) is 0 Å². The fourth-order valence-corrected chi connectivity index (χ4v) is 4.19. The number of benzene rings is 1. The molecule has 0 aliphatic carbocycles. The molecule has 0 spiro atoms. The van der Waals surface area contributed by atoms with Gasteiger partial charge in [-0.25, -0.2) is 9.67 Å². The highest BCUT2D eigenvalue weighted by Gasteiger charge is 2.28. The first kappa shape index (κ1) is 20.0. The Morgan fingerprint density at radius 1 is 1.06 bits per heavy atom. The number of rotatable bonds is 4. The highest BCUT2D eigenvalue weighted by Crippen LogP contribution is 2.30. The second kappa shape index (κ2) is 8.30. The molecule has 1 unspecified atom stereocenters. The number of carbonyl (C=O) groups is 1. The number of hydrogen-bond donors (Lipinski definition) is 1. The predicted octanol–water partition coefficient (Wildman–Crippen LogP) is 2.95. The molecule has 1 aliphatic heterocycles. The number of carbonyl (C=O) groups excluding carboxylic acids is 1. The van der Waals surface area contributed by atoms with E-state index in [9.17, 15) is 9.59 Å². The van der Waals surface area contributed by atoms with E-state index in [4.69, 9.17) is 4.98 Å². The van der Waals surface area contributed by atoms with Crippen LogP contribution in [0.1, 0.15) is 12.8 Å². The largest absolute Gasteiger partial charge is 0.354 e. The number of fused-ring (bicyclic) bond motifs is 1. The Bertz CT molecular complexity index is 1330. The zero-order valence-corrected chi connectivity index (χ0v) is 17.8. The van der Waals surface area contributed by atoms with Crippen LogP contribution in [0.3, 0.4) is 0 Å². The number of piperidine rings is 1. The van der Waals surface area contributed by atoms with E-state index in [1.165, 1.54) is 10.7 Å². The lowest BCUT2D eigenvalue weighted by atomic mass is 9.97. The van der Waals surface area contributed by atoms with Gasteiger partial charge in [-0.3, -0.25) is 14.0 Å². The molecule has 4 heterocycles. The third-order valence-electron chi connectivity index (χ3n) is 5.88. The molecule has 1 amide bonds. The fraction of sp³-hybridized carbons (Fsp3) is 0.250. The second-order valence-electron chi connectivity index (χ2n) is 8.03. The van der Waals surface area contributed by atoms with Crippen molar-refractivity contribution in [1.82, 2.24) is 19.2 Å². The van der Waals surface area contributed by atoms with Crippen molar-refractivity contribution < 1.29 is 4.79 Å². The van der Waals surface area contributed by atoms with Gasteiger partial charge in [0, 0.05) is 38.0 Å².